The summed E-state index contributed by atoms with van der Waals surface area (Å²) in [6.07, 6.45) is -0.118. The highest BCUT2D eigenvalue weighted by Gasteiger charge is 2.60. The van der Waals surface area contributed by atoms with Crippen LogP contribution in [0, 0.1) is 6.92 Å². The number of hydrogen-bond donors (Lipinski definition) is 1. The van der Waals surface area contributed by atoms with E-state index >= 15 is 0 Å². The lowest BCUT2D eigenvalue weighted by atomic mass is 9.65. The Hall–Kier alpha value is -1.19. The fourth-order valence-corrected chi connectivity index (χ4v) is 2.68. The molecule has 4 heteroatoms. The molecule has 15 heavy (non-hydrogen) atoms. The second-order valence-corrected chi connectivity index (χ2v) is 4.69. The zero-order chi connectivity index (χ0) is 10.7. The van der Waals surface area contributed by atoms with Crippen molar-refractivity contribution < 1.29 is 8.78 Å². The van der Waals surface area contributed by atoms with Gasteiger partial charge in [-0.05, 0) is 19.1 Å². The van der Waals surface area contributed by atoms with Gasteiger partial charge in [0.2, 0.25) is 5.92 Å². The number of rotatable bonds is 0. The zero-order valence-electron chi connectivity index (χ0n) is 8.48. The van der Waals surface area contributed by atoms with E-state index in [4.69, 9.17) is 0 Å². The summed E-state index contributed by atoms with van der Waals surface area (Å²) in [7, 11) is 0. The second-order valence-electron chi connectivity index (χ2n) is 4.69. The van der Waals surface area contributed by atoms with E-state index in [9.17, 15) is 8.78 Å². The lowest BCUT2D eigenvalue weighted by Crippen LogP contribution is -2.51. The van der Waals surface area contributed by atoms with Crippen LogP contribution < -0.4 is 5.32 Å². The Labute approximate surface area is 86.7 Å². The number of aromatic nitrogens is 1. The topological polar surface area (TPSA) is 24.9 Å². The Morgan fingerprint density at radius 2 is 2.07 bits per heavy atom. The molecule has 0 aromatic carbocycles. The molecule has 3 rings (SSSR count). The van der Waals surface area contributed by atoms with E-state index in [1.165, 1.54) is 0 Å². The Bertz CT molecular complexity index is 421. The first-order valence-electron chi connectivity index (χ1n) is 5.11. The van der Waals surface area contributed by atoms with E-state index in [1.807, 2.05) is 19.1 Å². The largest absolute Gasteiger partial charge is 0.383 e. The van der Waals surface area contributed by atoms with E-state index in [-0.39, 0.29) is 12.8 Å². The molecular weight excluding hydrogens is 198 g/mol. The number of anilines is 1. The molecule has 0 amide bonds. The summed E-state index contributed by atoms with van der Waals surface area (Å²) < 4.78 is 25.9. The highest BCUT2D eigenvalue weighted by Crippen LogP contribution is 2.56. The van der Waals surface area contributed by atoms with E-state index < -0.39 is 11.3 Å². The average molecular weight is 210 g/mol. The molecule has 0 saturated heterocycles. The highest BCUT2D eigenvalue weighted by molar-refractivity contribution is 5.59. The van der Waals surface area contributed by atoms with Crippen LogP contribution in [-0.2, 0) is 5.41 Å². The molecule has 1 N–H and O–H groups in total. The van der Waals surface area contributed by atoms with Gasteiger partial charge >= 0.3 is 0 Å². The molecule has 1 aliphatic heterocycles. The minimum absolute atomic E-state index is 0.0591. The Morgan fingerprint density at radius 1 is 1.33 bits per heavy atom. The van der Waals surface area contributed by atoms with Crippen LogP contribution in [0.15, 0.2) is 12.1 Å². The molecule has 0 radical (unpaired) electrons. The molecule has 2 aliphatic rings. The third kappa shape index (κ3) is 1.17. The molecule has 2 heterocycles. The third-order valence-corrected chi connectivity index (χ3v) is 3.35. The summed E-state index contributed by atoms with van der Waals surface area (Å²) in [5.74, 6) is -2.49. The molecule has 2 nitrogen and oxygen atoms in total. The van der Waals surface area contributed by atoms with E-state index in [2.05, 4.69) is 10.3 Å². The van der Waals surface area contributed by atoms with Crippen molar-refractivity contribution in [1.29, 1.82) is 0 Å². The number of hydrogen-bond acceptors (Lipinski definition) is 2. The third-order valence-electron chi connectivity index (χ3n) is 3.35. The first kappa shape index (κ1) is 9.07. The Balaban J connectivity index is 2.02. The van der Waals surface area contributed by atoms with Crippen molar-refractivity contribution in [3.05, 3.63) is 23.5 Å². The van der Waals surface area contributed by atoms with Crippen LogP contribution in [0.3, 0.4) is 0 Å². The maximum atomic E-state index is 13.0. The van der Waals surface area contributed by atoms with Gasteiger partial charge in [0.25, 0.3) is 0 Å². The van der Waals surface area contributed by atoms with Crippen LogP contribution in [0.4, 0.5) is 14.5 Å². The minimum Gasteiger partial charge on any atom is -0.383 e. The first-order chi connectivity index (χ1) is 7.01. The SMILES string of the molecule is Cc1ccc2c(n1)C1(CN2)CC(F)(F)C1. The van der Waals surface area contributed by atoms with Gasteiger partial charge < -0.3 is 5.32 Å². The number of nitrogens with zero attached hydrogens (tertiary/aromatic N) is 1. The predicted molar refractivity (Wildman–Crippen MR) is 53.3 cm³/mol. The van der Waals surface area contributed by atoms with Gasteiger partial charge in [0.1, 0.15) is 0 Å². The van der Waals surface area contributed by atoms with Crippen LogP contribution in [0.2, 0.25) is 0 Å². The predicted octanol–water partition coefficient (Wildman–Crippen LogP) is 2.48. The summed E-state index contributed by atoms with van der Waals surface area (Å²) >= 11 is 0. The number of pyridine rings is 1. The summed E-state index contributed by atoms with van der Waals surface area (Å²) in [5, 5.41) is 3.16. The highest BCUT2D eigenvalue weighted by atomic mass is 19.3. The number of fused-ring (bicyclic) bond motifs is 2. The monoisotopic (exact) mass is 210 g/mol. The van der Waals surface area contributed by atoms with Crippen molar-refractivity contribution in [2.75, 3.05) is 11.9 Å². The maximum Gasteiger partial charge on any atom is 0.250 e. The van der Waals surface area contributed by atoms with Gasteiger partial charge in [0.15, 0.2) is 0 Å². The summed E-state index contributed by atoms with van der Waals surface area (Å²) in [5.41, 5.74) is 2.27. The van der Waals surface area contributed by atoms with Crippen molar-refractivity contribution in [1.82, 2.24) is 4.98 Å². The van der Waals surface area contributed by atoms with Crippen molar-refractivity contribution >= 4 is 5.69 Å². The second kappa shape index (κ2) is 2.49. The zero-order valence-corrected chi connectivity index (χ0v) is 8.48. The number of aryl methyl sites for hydroxylation is 1. The van der Waals surface area contributed by atoms with Crippen LogP contribution in [-0.4, -0.2) is 17.5 Å². The molecule has 1 spiro atoms. The fourth-order valence-electron chi connectivity index (χ4n) is 2.68. The van der Waals surface area contributed by atoms with Gasteiger partial charge in [-0.15, -0.1) is 0 Å². The van der Waals surface area contributed by atoms with Gasteiger partial charge in [0.05, 0.1) is 11.4 Å². The van der Waals surface area contributed by atoms with Gasteiger partial charge in [-0.1, -0.05) is 0 Å². The van der Waals surface area contributed by atoms with Crippen molar-refractivity contribution in [3.8, 4) is 0 Å². The van der Waals surface area contributed by atoms with Crippen molar-refractivity contribution in [3.63, 3.8) is 0 Å². The van der Waals surface area contributed by atoms with Gasteiger partial charge in [0, 0.05) is 30.5 Å². The van der Waals surface area contributed by atoms with Crippen LogP contribution in [0.5, 0.6) is 0 Å². The quantitative estimate of drug-likeness (QED) is 0.711. The van der Waals surface area contributed by atoms with Gasteiger partial charge in [-0.2, -0.15) is 0 Å². The normalized spacial score (nSPS) is 24.5. The van der Waals surface area contributed by atoms with Crippen LogP contribution in [0.25, 0.3) is 0 Å². The summed E-state index contributed by atoms with van der Waals surface area (Å²) in [6, 6.07) is 3.84. The molecule has 1 fully saturated rings. The molecule has 1 aromatic rings. The van der Waals surface area contributed by atoms with Gasteiger partial charge in [-0.25, -0.2) is 8.78 Å². The molecule has 0 unspecified atom stereocenters. The van der Waals surface area contributed by atoms with Gasteiger partial charge in [-0.3, -0.25) is 4.98 Å². The van der Waals surface area contributed by atoms with Crippen LogP contribution >= 0.6 is 0 Å². The van der Waals surface area contributed by atoms with E-state index in [1.54, 1.807) is 0 Å². The molecule has 1 aromatic heterocycles. The smallest absolute Gasteiger partial charge is 0.250 e. The van der Waals surface area contributed by atoms with Crippen molar-refractivity contribution in [2.45, 2.75) is 31.1 Å². The maximum absolute atomic E-state index is 13.0. The van der Waals surface area contributed by atoms with Crippen molar-refractivity contribution in [2.24, 2.45) is 0 Å². The molecule has 1 aliphatic carbocycles. The number of nitrogens with one attached hydrogen (secondary N) is 1. The fraction of sp³-hybridized carbons (Fsp3) is 0.545. The van der Waals surface area contributed by atoms with Crippen LogP contribution in [0.1, 0.15) is 24.2 Å². The van der Waals surface area contributed by atoms with E-state index in [0.717, 1.165) is 17.1 Å². The molecule has 0 atom stereocenters. The molecule has 1 saturated carbocycles. The molecule has 0 bridgehead atoms. The number of halogens is 2. The molecular formula is C11H12F2N2. The Morgan fingerprint density at radius 3 is 2.73 bits per heavy atom. The molecule has 80 valence electrons. The average Bonchev–Trinajstić information content (AvgIpc) is 2.43. The summed E-state index contributed by atoms with van der Waals surface area (Å²) in [4.78, 5) is 4.40. The lowest BCUT2D eigenvalue weighted by molar-refractivity contribution is -0.121. The number of alkyl halides is 2. The Kier molecular flexibility index (Phi) is 1.50. The first-order valence-corrected chi connectivity index (χ1v) is 5.11. The summed E-state index contributed by atoms with van der Waals surface area (Å²) in [6.45, 7) is 2.50. The lowest BCUT2D eigenvalue weighted by Gasteiger charge is -2.43. The standard InChI is InChI=1S/C11H12F2N2/c1-7-2-3-8-9(15-7)10(6-14-8)4-11(12,13)5-10/h2-3,14H,4-6H2,1H3. The minimum atomic E-state index is -2.49. The van der Waals surface area contributed by atoms with E-state index in [0.29, 0.717) is 6.54 Å².